The zero-order valence-corrected chi connectivity index (χ0v) is 10.4. The highest BCUT2D eigenvalue weighted by Gasteiger charge is 2.14. The fourth-order valence-electron chi connectivity index (χ4n) is 2.15. The molecule has 0 radical (unpaired) electrons. The van der Waals surface area contributed by atoms with Gasteiger partial charge < -0.3 is 10.0 Å². The highest BCUT2D eigenvalue weighted by atomic mass is 16.3. The van der Waals surface area contributed by atoms with Crippen LogP contribution in [0.1, 0.15) is 19.3 Å². The standard InChI is InChI=1S/C11H24N4O2/c12-13-11(17)3-1-4-14-5-2-6-15(8-7-14)9-10-16/h16H,1-10,12H2,(H,13,17). The van der Waals surface area contributed by atoms with E-state index >= 15 is 0 Å². The van der Waals surface area contributed by atoms with Crippen molar-refractivity contribution >= 4 is 5.91 Å². The Morgan fingerprint density at radius 1 is 1.18 bits per heavy atom. The number of carbonyl (C=O) groups excluding carboxylic acids is 1. The van der Waals surface area contributed by atoms with E-state index in [0.29, 0.717) is 6.42 Å². The Morgan fingerprint density at radius 3 is 2.41 bits per heavy atom. The van der Waals surface area contributed by atoms with Gasteiger partial charge in [0.15, 0.2) is 0 Å². The van der Waals surface area contributed by atoms with E-state index in [9.17, 15) is 4.79 Å². The van der Waals surface area contributed by atoms with Crippen LogP contribution in [0.3, 0.4) is 0 Å². The predicted octanol–water partition coefficient (Wildman–Crippen LogP) is -1.24. The molecule has 0 aromatic rings. The van der Waals surface area contributed by atoms with Gasteiger partial charge in [0.25, 0.3) is 0 Å². The van der Waals surface area contributed by atoms with Gasteiger partial charge in [-0.2, -0.15) is 0 Å². The smallest absolute Gasteiger partial charge is 0.233 e. The molecule has 0 aromatic heterocycles. The van der Waals surface area contributed by atoms with Crippen LogP contribution >= 0.6 is 0 Å². The molecule has 1 rings (SSSR count). The Balaban J connectivity index is 2.15. The topological polar surface area (TPSA) is 81.8 Å². The molecule has 0 saturated carbocycles. The number of β-amino-alcohol motifs (C(OH)–C–C–N with tert-alkyl or cyclic N) is 1. The second-order valence-electron chi connectivity index (χ2n) is 4.43. The summed E-state index contributed by atoms with van der Waals surface area (Å²) >= 11 is 0. The Bertz CT molecular complexity index is 226. The van der Waals surface area contributed by atoms with Gasteiger partial charge in [0.2, 0.25) is 5.91 Å². The molecule has 0 bridgehead atoms. The fourth-order valence-corrected chi connectivity index (χ4v) is 2.15. The number of hydrogen-bond donors (Lipinski definition) is 3. The summed E-state index contributed by atoms with van der Waals surface area (Å²) < 4.78 is 0. The lowest BCUT2D eigenvalue weighted by Crippen LogP contribution is -2.34. The lowest BCUT2D eigenvalue weighted by molar-refractivity contribution is -0.121. The second kappa shape index (κ2) is 8.41. The van der Waals surface area contributed by atoms with E-state index in [0.717, 1.165) is 52.1 Å². The first kappa shape index (κ1) is 14.4. The van der Waals surface area contributed by atoms with Crippen LogP contribution in [0.15, 0.2) is 0 Å². The summed E-state index contributed by atoms with van der Waals surface area (Å²) in [6.07, 6.45) is 2.47. The van der Waals surface area contributed by atoms with Crippen molar-refractivity contribution < 1.29 is 9.90 Å². The van der Waals surface area contributed by atoms with Gasteiger partial charge in [-0.25, -0.2) is 5.84 Å². The molecule has 0 aromatic carbocycles. The first-order valence-corrected chi connectivity index (χ1v) is 6.31. The fraction of sp³-hybridized carbons (Fsp3) is 0.909. The number of carbonyl (C=O) groups is 1. The van der Waals surface area contributed by atoms with Crippen LogP contribution in [0, 0.1) is 0 Å². The van der Waals surface area contributed by atoms with Gasteiger partial charge >= 0.3 is 0 Å². The third kappa shape index (κ3) is 5.97. The molecular formula is C11H24N4O2. The van der Waals surface area contributed by atoms with Crippen molar-refractivity contribution in [1.29, 1.82) is 0 Å². The van der Waals surface area contributed by atoms with Crippen LogP contribution in [0.4, 0.5) is 0 Å². The van der Waals surface area contributed by atoms with Crippen LogP contribution in [-0.4, -0.2) is 66.7 Å². The van der Waals surface area contributed by atoms with E-state index in [4.69, 9.17) is 10.9 Å². The minimum Gasteiger partial charge on any atom is -0.395 e. The summed E-state index contributed by atoms with van der Waals surface area (Å²) in [6, 6.07) is 0. The largest absolute Gasteiger partial charge is 0.395 e. The van der Waals surface area contributed by atoms with Gasteiger partial charge in [0.1, 0.15) is 0 Å². The van der Waals surface area contributed by atoms with E-state index in [1.165, 1.54) is 0 Å². The van der Waals surface area contributed by atoms with Crippen LogP contribution < -0.4 is 11.3 Å². The number of amides is 1. The Labute approximate surface area is 103 Å². The summed E-state index contributed by atoms with van der Waals surface area (Å²) in [5.41, 5.74) is 2.15. The average Bonchev–Trinajstić information content (AvgIpc) is 2.55. The van der Waals surface area contributed by atoms with Gasteiger partial charge in [-0.3, -0.25) is 15.1 Å². The Kier molecular flexibility index (Phi) is 7.11. The minimum atomic E-state index is -0.0956. The molecule has 100 valence electrons. The van der Waals surface area contributed by atoms with Gasteiger partial charge in [-0.15, -0.1) is 0 Å². The summed E-state index contributed by atoms with van der Waals surface area (Å²) in [6.45, 7) is 6.10. The van der Waals surface area contributed by atoms with Crippen molar-refractivity contribution in [2.45, 2.75) is 19.3 Å². The van der Waals surface area contributed by atoms with Crippen molar-refractivity contribution in [2.75, 3.05) is 45.9 Å². The molecule has 1 fully saturated rings. The van der Waals surface area contributed by atoms with Crippen molar-refractivity contribution in [1.82, 2.24) is 15.2 Å². The lowest BCUT2D eigenvalue weighted by atomic mass is 10.2. The maximum absolute atomic E-state index is 11.0. The molecule has 0 atom stereocenters. The van der Waals surface area contributed by atoms with Gasteiger partial charge in [0, 0.05) is 26.1 Å². The van der Waals surface area contributed by atoms with Gasteiger partial charge in [0.05, 0.1) is 6.61 Å². The molecule has 6 heteroatoms. The number of hydrazine groups is 1. The van der Waals surface area contributed by atoms with E-state index in [1.54, 1.807) is 0 Å². The number of aliphatic hydroxyl groups is 1. The first-order valence-electron chi connectivity index (χ1n) is 6.31. The molecule has 1 aliphatic rings. The zero-order chi connectivity index (χ0) is 12.5. The second-order valence-corrected chi connectivity index (χ2v) is 4.43. The number of nitrogens with zero attached hydrogens (tertiary/aromatic N) is 2. The first-order chi connectivity index (χ1) is 8.26. The number of nitrogens with one attached hydrogen (secondary N) is 1. The SMILES string of the molecule is NNC(=O)CCCN1CCCN(CCO)CC1. The monoisotopic (exact) mass is 244 g/mol. The van der Waals surface area contributed by atoms with Crippen LogP contribution in [-0.2, 0) is 4.79 Å². The molecule has 1 saturated heterocycles. The maximum Gasteiger partial charge on any atom is 0.233 e. The maximum atomic E-state index is 11.0. The summed E-state index contributed by atoms with van der Waals surface area (Å²) in [5, 5.41) is 8.89. The quantitative estimate of drug-likeness (QED) is 0.309. The zero-order valence-electron chi connectivity index (χ0n) is 10.4. The highest BCUT2D eigenvalue weighted by molar-refractivity contribution is 5.75. The van der Waals surface area contributed by atoms with Crippen LogP contribution in [0.2, 0.25) is 0 Å². The number of hydrogen-bond acceptors (Lipinski definition) is 5. The summed E-state index contributed by atoms with van der Waals surface area (Å²) in [4.78, 5) is 15.6. The summed E-state index contributed by atoms with van der Waals surface area (Å²) in [5.74, 6) is 4.93. The number of rotatable bonds is 6. The average molecular weight is 244 g/mol. The predicted molar refractivity (Wildman–Crippen MR) is 66.1 cm³/mol. The van der Waals surface area contributed by atoms with Gasteiger partial charge in [-0.05, 0) is 32.5 Å². The molecule has 4 N–H and O–H groups in total. The van der Waals surface area contributed by atoms with Crippen molar-refractivity contribution in [2.24, 2.45) is 5.84 Å². The number of nitrogens with two attached hydrogens (primary N) is 1. The van der Waals surface area contributed by atoms with E-state index in [-0.39, 0.29) is 12.5 Å². The van der Waals surface area contributed by atoms with Crippen LogP contribution in [0.25, 0.3) is 0 Å². The molecule has 0 unspecified atom stereocenters. The third-order valence-electron chi connectivity index (χ3n) is 3.14. The highest BCUT2D eigenvalue weighted by Crippen LogP contribution is 2.04. The van der Waals surface area contributed by atoms with Crippen molar-refractivity contribution in [3.05, 3.63) is 0 Å². The number of aliphatic hydroxyl groups excluding tert-OH is 1. The van der Waals surface area contributed by atoms with Crippen LogP contribution in [0.5, 0.6) is 0 Å². The third-order valence-corrected chi connectivity index (χ3v) is 3.14. The summed E-state index contributed by atoms with van der Waals surface area (Å²) in [7, 11) is 0. The van der Waals surface area contributed by atoms with E-state index < -0.39 is 0 Å². The van der Waals surface area contributed by atoms with E-state index in [2.05, 4.69) is 15.2 Å². The van der Waals surface area contributed by atoms with Crippen molar-refractivity contribution in [3.8, 4) is 0 Å². The normalized spacial score (nSPS) is 18.9. The molecule has 0 aliphatic carbocycles. The minimum absolute atomic E-state index is 0.0956. The Morgan fingerprint density at radius 2 is 1.82 bits per heavy atom. The van der Waals surface area contributed by atoms with Gasteiger partial charge in [-0.1, -0.05) is 0 Å². The molecule has 1 amide bonds. The molecule has 1 heterocycles. The van der Waals surface area contributed by atoms with E-state index in [1.807, 2.05) is 0 Å². The molecule has 0 spiro atoms. The Hall–Kier alpha value is -0.690. The molecular weight excluding hydrogens is 220 g/mol. The molecule has 17 heavy (non-hydrogen) atoms. The molecule has 6 nitrogen and oxygen atoms in total. The lowest BCUT2D eigenvalue weighted by Gasteiger charge is -2.20. The molecule has 1 aliphatic heterocycles. The van der Waals surface area contributed by atoms with Crippen molar-refractivity contribution in [3.63, 3.8) is 0 Å².